The van der Waals surface area contributed by atoms with Gasteiger partial charge in [-0.15, -0.1) is 0 Å². The van der Waals surface area contributed by atoms with E-state index in [0.717, 1.165) is 33.8 Å². The van der Waals surface area contributed by atoms with Gasteiger partial charge in [0.1, 0.15) is 5.78 Å². The molecule has 0 radical (unpaired) electrons. The highest BCUT2D eigenvalue weighted by molar-refractivity contribution is 9.10. The lowest BCUT2D eigenvalue weighted by Crippen LogP contribution is -2.49. The molecule has 1 aliphatic carbocycles. The van der Waals surface area contributed by atoms with E-state index in [4.69, 9.17) is 0 Å². The van der Waals surface area contributed by atoms with Crippen molar-refractivity contribution in [3.8, 4) is 0 Å². The second-order valence-electron chi connectivity index (χ2n) is 7.23. The Hall–Kier alpha value is -1.26. The Balaban J connectivity index is 1.36. The van der Waals surface area contributed by atoms with E-state index in [1.165, 1.54) is 32.4 Å². The van der Waals surface area contributed by atoms with Gasteiger partial charge in [-0.2, -0.15) is 0 Å². The third-order valence-corrected chi connectivity index (χ3v) is 6.06. The summed E-state index contributed by atoms with van der Waals surface area (Å²) < 4.78 is 1.06. The van der Waals surface area contributed by atoms with Crippen LogP contribution in [0.1, 0.15) is 37.8 Å². The van der Waals surface area contributed by atoms with Crippen LogP contribution in [0.4, 0.5) is 0 Å². The predicted molar refractivity (Wildman–Crippen MR) is 100 cm³/mol. The zero-order valence-corrected chi connectivity index (χ0v) is 15.5. The molecule has 1 aromatic carbocycles. The molecule has 1 saturated heterocycles. The van der Waals surface area contributed by atoms with Gasteiger partial charge in [0.25, 0.3) is 0 Å². The number of fused-ring (bicyclic) bond motifs is 1. The normalized spacial score (nSPS) is 24.7. The Morgan fingerprint density at radius 3 is 2.71 bits per heavy atom. The second kappa shape index (κ2) is 6.93. The van der Waals surface area contributed by atoms with E-state index in [-0.39, 0.29) is 5.92 Å². The number of benzene rings is 1. The fourth-order valence-corrected chi connectivity index (χ4v) is 4.39. The summed E-state index contributed by atoms with van der Waals surface area (Å²) in [5, 5.41) is 2.25. The molecule has 4 heteroatoms. The molecule has 2 aliphatic rings. The fraction of sp³-hybridized carbons (Fsp3) is 0.500. The van der Waals surface area contributed by atoms with Gasteiger partial charge in [-0.3, -0.25) is 9.78 Å². The Bertz CT molecular complexity index is 748. The maximum atomic E-state index is 12.6. The number of carbonyl (C=O) groups is 1. The van der Waals surface area contributed by atoms with E-state index in [9.17, 15) is 4.79 Å². The predicted octanol–water partition coefficient (Wildman–Crippen LogP) is 4.37. The number of hydrogen-bond acceptors (Lipinski definition) is 3. The first kappa shape index (κ1) is 16.2. The van der Waals surface area contributed by atoms with Crippen molar-refractivity contribution >= 4 is 32.5 Å². The summed E-state index contributed by atoms with van der Waals surface area (Å²) in [6, 6.07) is 8.86. The fourth-order valence-electron chi connectivity index (χ4n) is 4.01. The molecular formula is C20H23BrN2O. The molecule has 2 heterocycles. The third kappa shape index (κ3) is 3.40. The maximum Gasteiger partial charge on any atom is 0.142 e. The van der Waals surface area contributed by atoms with Crippen LogP contribution in [0.2, 0.25) is 0 Å². The number of hydrogen-bond donors (Lipinski definition) is 0. The number of halogens is 1. The lowest BCUT2D eigenvalue weighted by Gasteiger charge is -2.44. The summed E-state index contributed by atoms with van der Waals surface area (Å²) in [7, 11) is 0. The lowest BCUT2D eigenvalue weighted by atomic mass is 9.75. The highest BCUT2D eigenvalue weighted by atomic mass is 79.9. The first-order valence-electron chi connectivity index (χ1n) is 9.00. The molecule has 0 spiro atoms. The minimum Gasteiger partial charge on any atom is -0.300 e. The van der Waals surface area contributed by atoms with Crippen molar-refractivity contribution < 1.29 is 4.79 Å². The zero-order valence-electron chi connectivity index (χ0n) is 13.9. The summed E-state index contributed by atoms with van der Waals surface area (Å²) in [5.41, 5.74) is 0.895. The first-order chi connectivity index (χ1) is 11.7. The molecule has 1 aromatic heterocycles. The van der Waals surface area contributed by atoms with Crippen LogP contribution < -0.4 is 0 Å². The van der Waals surface area contributed by atoms with Gasteiger partial charge >= 0.3 is 0 Å². The number of Topliss-reactive ketones (excluding diaryl/α,β-unsaturated/α-hetero) is 1. The Morgan fingerprint density at radius 1 is 1.12 bits per heavy atom. The molecule has 2 aromatic rings. The van der Waals surface area contributed by atoms with Crippen LogP contribution in [0.5, 0.6) is 0 Å². The van der Waals surface area contributed by atoms with Gasteiger partial charge in [-0.1, -0.05) is 28.4 Å². The second-order valence-corrected chi connectivity index (χ2v) is 8.14. The summed E-state index contributed by atoms with van der Waals surface area (Å²) in [6.07, 6.45) is 8.48. The summed E-state index contributed by atoms with van der Waals surface area (Å²) >= 11 is 3.50. The molecule has 1 saturated carbocycles. The average Bonchev–Trinajstić information content (AvgIpc) is 2.54. The summed E-state index contributed by atoms with van der Waals surface area (Å²) in [6.45, 7) is 2.46. The van der Waals surface area contributed by atoms with E-state index < -0.39 is 0 Å². The number of nitrogens with zero attached hydrogens (tertiary/aromatic N) is 2. The molecule has 1 aliphatic heterocycles. The molecule has 24 heavy (non-hydrogen) atoms. The molecular weight excluding hydrogens is 364 g/mol. The van der Waals surface area contributed by atoms with Crippen LogP contribution in [0, 0.1) is 5.92 Å². The van der Waals surface area contributed by atoms with Crippen molar-refractivity contribution in [3.63, 3.8) is 0 Å². The minimum absolute atomic E-state index is 0.247. The monoisotopic (exact) mass is 386 g/mol. The van der Waals surface area contributed by atoms with Crippen molar-refractivity contribution in [2.24, 2.45) is 5.92 Å². The number of likely N-dealkylation sites (tertiary alicyclic amines) is 1. The van der Waals surface area contributed by atoms with Crippen LogP contribution in [-0.4, -0.2) is 34.8 Å². The van der Waals surface area contributed by atoms with E-state index >= 15 is 0 Å². The van der Waals surface area contributed by atoms with Crippen LogP contribution in [0.3, 0.4) is 0 Å². The number of ketones is 1. The molecule has 0 bridgehead atoms. The summed E-state index contributed by atoms with van der Waals surface area (Å²) in [5.74, 6) is 0.613. The van der Waals surface area contributed by atoms with Crippen LogP contribution in [-0.2, 0) is 11.2 Å². The third-order valence-electron chi connectivity index (χ3n) is 5.57. The minimum atomic E-state index is 0.247. The van der Waals surface area contributed by atoms with Crippen LogP contribution in [0.15, 0.2) is 34.9 Å². The quantitative estimate of drug-likeness (QED) is 0.781. The lowest BCUT2D eigenvalue weighted by molar-refractivity contribution is -0.127. The van der Waals surface area contributed by atoms with E-state index in [1.807, 2.05) is 18.3 Å². The maximum absolute atomic E-state index is 12.6. The molecule has 4 rings (SSSR count). The number of carbonyl (C=O) groups excluding carboxylic acids is 1. The van der Waals surface area contributed by atoms with Gasteiger partial charge in [0, 0.05) is 40.1 Å². The number of pyridine rings is 1. The molecule has 3 nitrogen and oxygen atoms in total. The molecule has 0 atom stereocenters. The molecule has 0 unspecified atom stereocenters. The smallest absolute Gasteiger partial charge is 0.142 e. The largest absolute Gasteiger partial charge is 0.300 e. The zero-order chi connectivity index (χ0) is 16.5. The van der Waals surface area contributed by atoms with Gasteiger partial charge in [-0.05, 0) is 62.4 Å². The Morgan fingerprint density at radius 2 is 1.92 bits per heavy atom. The number of piperidine rings is 1. The number of aromatic nitrogens is 1. The van der Waals surface area contributed by atoms with E-state index in [0.29, 0.717) is 18.2 Å². The van der Waals surface area contributed by atoms with Gasteiger partial charge in [0.2, 0.25) is 0 Å². The highest BCUT2D eigenvalue weighted by Gasteiger charge is 2.37. The van der Waals surface area contributed by atoms with Crippen molar-refractivity contribution in [1.82, 2.24) is 9.88 Å². The van der Waals surface area contributed by atoms with Gasteiger partial charge in [-0.25, -0.2) is 0 Å². The van der Waals surface area contributed by atoms with Crippen molar-refractivity contribution in [2.75, 3.05) is 13.1 Å². The average molecular weight is 387 g/mol. The van der Waals surface area contributed by atoms with Crippen LogP contribution in [0.25, 0.3) is 10.8 Å². The van der Waals surface area contributed by atoms with Crippen molar-refractivity contribution in [1.29, 1.82) is 0 Å². The molecule has 0 N–H and O–H groups in total. The number of rotatable bonds is 4. The highest BCUT2D eigenvalue weighted by Crippen LogP contribution is 2.34. The van der Waals surface area contributed by atoms with E-state index in [1.54, 1.807) is 0 Å². The van der Waals surface area contributed by atoms with Crippen LogP contribution >= 0.6 is 15.9 Å². The van der Waals surface area contributed by atoms with Crippen molar-refractivity contribution in [3.05, 3.63) is 40.6 Å². The summed E-state index contributed by atoms with van der Waals surface area (Å²) in [4.78, 5) is 19.6. The standard InChI is InChI=1S/C20H23BrN2O/c21-17-5-4-14-13-22-18(9-15(14)8-17)12-20(24)16-10-19(11-16)23-6-2-1-3-7-23/h4-5,8-9,13,16,19H,1-3,6-7,10-12H2. The SMILES string of the molecule is O=C(Cc1cc2cc(Br)ccc2cn1)C1CC(N2CCCCC2)C1. The Kier molecular flexibility index (Phi) is 4.68. The van der Waals surface area contributed by atoms with Gasteiger partial charge in [0.15, 0.2) is 0 Å². The molecule has 2 fully saturated rings. The van der Waals surface area contributed by atoms with Gasteiger partial charge in [0.05, 0.1) is 0 Å². The first-order valence-corrected chi connectivity index (χ1v) is 9.79. The topological polar surface area (TPSA) is 33.2 Å². The Labute approximate surface area is 151 Å². The van der Waals surface area contributed by atoms with Gasteiger partial charge < -0.3 is 4.90 Å². The molecule has 126 valence electrons. The van der Waals surface area contributed by atoms with Crippen molar-refractivity contribution in [2.45, 2.75) is 44.6 Å². The van der Waals surface area contributed by atoms with E-state index in [2.05, 4.69) is 37.9 Å². The molecule has 0 amide bonds.